The number of hydrogen-bond donors (Lipinski definition) is 3. The van der Waals surface area contributed by atoms with Crippen molar-refractivity contribution in [2.75, 3.05) is 13.1 Å². The molecule has 3 N–H and O–H groups in total. The van der Waals surface area contributed by atoms with Crippen LogP contribution in [0.5, 0.6) is 5.75 Å². The van der Waals surface area contributed by atoms with Gasteiger partial charge in [-0.1, -0.05) is 41.9 Å². The van der Waals surface area contributed by atoms with Crippen LogP contribution in [0.1, 0.15) is 43.1 Å². The second kappa shape index (κ2) is 9.94. The van der Waals surface area contributed by atoms with Gasteiger partial charge in [0.2, 0.25) is 0 Å². The van der Waals surface area contributed by atoms with E-state index in [9.17, 15) is 19.5 Å². The number of para-hydroxylation sites is 1. The molecular formula is C25H22ClN3O4. The number of aromatic nitrogens is 1. The number of benzene rings is 2. The Balaban J connectivity index is 1.40. The van der Waals surface area contributed by atoms with Crippen molar-refractivity contribution in [2.24, 2.45) is 5.92 Å². The Hall–Kier alpha value is -3.55. The Labute approximate surface area is 195 Å². The van der Waals surface area contributed by atoms with Crippen molar-refractivity contribution in [3.05, 3.63) is 94.3 Å². The average Bonchev–Trinajstić information content (AvgIpc) is 3.27. The van der Waals surface area contributed by atoms with Crippen molar-refractivity contribution >= 4 is 29.1 Å². The molecule has 2 aromatic carbocycles. The first-order valence-electron chi connectivity index (χ1n) is 10.5. The molecule has 33 heavy (non-hydrogen) atoms. The van der Waals surface area contributed by atoms with E-state index in [4.69, 9.17) is 11.6 Å². The molecule has 7 nitrogen and oxygen atoms in total. The predicted molar refractivity (Wildman–Crippen MR) is 124 cm³/mol. The zero-order valence-corrected chi connectivity index (χ0v) is 18.4. The van der Waals surface area contributed by atoms with Crippen LogP contribution >= 0.6 is 11.6 Å². The van der Waals surface area contributed by atoms with E-state index in [2.05, 4.69) is 15.6 Å². The third-order valence-electron chi connectivity index (χ3n) is 5.75. The molecule has 1 aliphatic heterocycles. The summed E-state index contributed by atoms with van der Waals surface area (Å²) in [6, 6.07) is 14.0. The summed E-state index contributed by atoms with van der Waals surface area (Å²) in [6.45, 7) is 1.21. The summed E-state index contributed by atoms with van der Waals surface area (Å²) in [7, 11) is 0. The monoisotopic (exact) mass is 463 g/mol. The molecule has 0 radical (unpaired) electrons. The highest BCUT2D eigenvalue weighted by atomic mass is 35.5. The fourth-order valence-corrected chi connectivity index (χ4v) is 4.06. The molecule has 3 aromatic rings. The number of phenolic OH excluding ortho intramolecular Hbond substituents is 1. The second-order valence-electron chi connectivity index (χ2n) is 7.90. The highest BCUT2D eigenvalue weighted by Crippen LogP contribution is 2.29. The number of pyridine rings is 1. The summed E-state index contributed by atoms with van der Waals surface area (Å²) in [5, 5.41) is 16.4. The van der Waals surface area contributed by atoms with E-state index in [0.717, 1.165) is 0 Å². The van der Waals surface area contributed by atoms with E-state index in [1.54, 1.807) is 54.9 Å². The zero-order valence-electron chi connectivity index (χ0n) is 17.6. The molecule has 1 saturated heterocycles. The van der Waals surface area contributed by atoms with Gasteiger partial charge in [0.05, 0.1) is 10.6 Å². The van der Waals surface area contributed by atoms with Crippen LogP contribution in [-0.2, 0) is 0 Å². The molecule has 4 rings (SSSR count). The number of nitrogens with zero attached hydrogens (tertiary/aromatic N) is 1. The lowest BCUT2D eigenvalue weighted by molar-refractivity contribution is 0.0902. The maximum Gasteiger partial charge on any atom is 0.251 e. The van der Waals surface area contributed by atoms with Crippen molar-refractivity contribution < 1.29 is 19.5 Å². The van der Waals surface area contributed by atoms with Gasteiger partial charge in [-0.25, -0.2) is 0 Å². The van der Waals surface area contributed by atoms with Gasteiger partial charge < -0.3 is 15.7 Å². The van der Waals surface area contributed by atoms with Crippen LogP contribution in [0.15, 0.2) is 67.0 Å². The summed E-state index contributed by atoms with van der Waals surface area (Å²) in [6.07, 6.45) is 3.38. The number of carbonyl (C=O) groups excluding carboxylic acids is 3. The minimum Gasteiger partial charge on any atom is -0.506 e. The molecule has 1 aromatic heterocycles. The molecule has 1 aliphatic rings. The standard InChI is InChI=1S/C25H22ClN3O4/c26-20-3-1-2-19(24(20)32)23(31)16-6-4-15(5-7-16)22(30)12-18-13-28-14-21(18)29-25(33)17-8-10-27-11-9-17/h1-11,18,21,28,32H,12-14H2,(H,29,33)/t18-,21-/m1/s1. The van der Waals surface area contributed by atoms with Gasteiger partial charge in [0.25, 0.3) is 5.91 Å². The molecule has 0 saturated carbocycles. The number of ketones is 2. The molecule has 168 valence electrons. The van der Waals surface area contributed by atoms with Crippen molar-refractivity contribution in [3.63, 3.8) is 0 Å². The molecular weight excluding hydrogens is 442 g/mol. The lowest BCUT2D eigenvalue weighted by Crippen LogP contribution is -2.41. The van der Waals surface area contributed by atoms with Crippen molar-refractivity contribution in [3.8, 4) is 5.75 Å². The lowest BCUT2D eigenvalue weighted by Gasteiger charge is -2.19. The normalized spacial score (nSPS) is 17.5. The predicted octanol–water partition coefficient (Wildman–Crippen LogP) is 3.26. The van der Waals surface area contributed by atoms with E-state index in [-0.39, 0.29) is 52.2 Å². The highest BCUT2D eigenvalue weighted by molar-refractivity contribution is 6.33. The molecule has 2 atom stereocenters. The molecule has 0 aliphatic carbocycles. The number of aromatic hydroxyl groups is 1. The third-order valence-corrected chi connectivity index (χ3v) is 6.05. The SMILES string of the molecule is O=C(C[C@@H]1CNC[C@H]1NC(=O)c1ccncc1)c1ccc(C(=O)c2cccc(Cl)c2O)cc1. The summed E-state index contributed by atoms with van der Waals surface area (Å²) in [5.74, 6) is -0.967. The minimum atomic E-state index is -0.382. The molecule has 1 amide bonds. The smallest absolute Gasteiger partial charge is 0.251 e. The number of rotatable bonds is 7. The third kappa shape index (κ3) is 5.10. The molecule has 8 heteroatoms. The van der Waals surface area contributed by atoms with Gasteiger partial charge >= 0.3 is 0 Å². The Morgan fingerprint density at radius 2 is 1.67 bits per heavy atom. The van der Waals surface area contributed by atoms with Crippen LogP contribution in [0, 0.1) is 5.92 Å². The number of amides is 1. The van der Waals surface area contributed by atoms with E-state index < -0.39 is 0 Å². The van der Waals surface area contributed by atoms with E-state index in [1.807, 2.05) is 0 Å². The summed E-state index contributed by atoms with van der Waals surface area (Å²) < 4.78 is 0. The summed E-state index contributed by atoms with van der Waals surface area (Å²) in [5.41, 5.74) is 1.45. The van der Waals surface area contributed by atoms with E-state index >= 15 is 0 Å². The number of halogens is 1. The van der Waals surface area contributed by atoms with Crippen LogP contribution in [-0.4, -0.2) is 46.7 Å². The quantitative estimate of drug-likeness (QED) is 0.464. The maximum atomic E-state index is 12.9. The average molecular weight is 464 g/mol. The van der Waals surface area contributed by atoms with Gasteiger partial charge in [-0.2, -0.15) is 0 Å². The second-order valence-corrected chi connectivity index (χ2v) is 8.31. The van der Waals surface area contributed by atoms with Gasteiger partial charge in [-0.3, -0.25) is 19.4 Å². The Kier molecular flexibility index (Phi) is 6.82. The van der Waals surface area contributed by atoms with Gasteiger partial charge in [-0.05, 0) is 24.3 Å². The fourth-order valence-electron chi connectivity index (χ4n) is 3.89. The van der Waals surface area contributed by atoms with Gasteiger partial charge in [0.15, 0.2) is 11.6 Å². The topological polar surface area (TPSA) is 108 Å². The summed E-state index contributed by atoms with van der Waals surface area (Å²) in [4.78, 5) is 41.9. The summed E-state index contributed by atoms with van der Waals surface area (Å²) >= 11 is 5.89. The van der Waals surface area contributed by atoms with Crippen LogP contribution in [0.25, 0.3) is 0 Å². The number of hydrogen-bond acceptors (Lipinski definition) is 6. The van der Waals surface area contributed by atoms with E-state index in [1.165, 1.54) is 12.1 Å². The number of nitrogens with one attached hydrogen (secondary N) is 2. The Bertz CT molecular complexity index is 1180. The van der Waals surface area contributed by atoms with Crippen molar-refractivity contribution in [1.29, 1.82) is 0 Å². The number of phenols is 1. The van der Waals surface area contributed by atoms with Gasteiger partial charge in [0, 0.05) is 60.6 Å². The van der Waals surface area contributed by atoms with E-state index in [0.29, 0.717) is 29.8 Å². The fraction of sp³-hybridized carbons (Fsp3) is 0.200. The molecule has 0 bridgehead atoms. The minimum absolute atomic E-state index is 0.0481. The van der Waals surface area contributed by atoms with Gasteiger partial charge in [0.1, 0.15) is 5.75 Å². The van der Waals surface area contributed by atoms with Crippen molar-refractivity contribution in [2.45, 2.75) is 12.5 Å². The first-order valence-corrected chi connectivity index (χ1v) is 10.9. The van der Waals surface area contributed by atoms with Crippen LogP contribution < -0.4 is 10.6 Å². The molecule has 1 fully saturated rings. The Morgan fingerprint density at radius 3 is 2.39 bits per heavy atom. The molecule has 0 spiro atoms. The van der Waals surface area contributed by atoms with Crippen LogP contribution in [0.2, 0.25) is 5.02 Å². The van der Waals surface area contributed by atoms with Gasteiger partial charge in [-0.15, -0.1) is 0 Å². The molecule has 2 heterocycles. The lowest BCUT2D eigenvalue weighted by atomic mass is 9.93. The largest absolute Gasteiger partial charge is 0.506 e. The number of Topliss-reactive ketones (excluding diaryl/α,β-unsaturated/α-hetero) is 1. The zero-order chi connectivity index (χ0) is 23.4. The first kappa shape index (κ1) is 22.6. The Morgan fingerprint density at radius 1 is 0.970 bits per heavy atom. The first-order chi connectivity index (χ1) is 15.9. The maximum absolute atomic E-state index is 12.9. The van der Waals surface area contributed by atoms with Crippen LogP contribution in [0.3, 0.4) is 0 Å². The van der Waals surface area contributed by atoms with Crippen LogP contribution in [0.4, 0.5) is 0 Å². The van der Waals surface area contributed by atoms with Crippen molar-refractivity contribution in [1.82, 2.24) is 15.6 Å². The highest BCUT2D eigenvalue weighted by Gasteiger charge is 2.30. The molecule has 0 unspecified atom stereocenters. The number of carbonyl (C=O) groups is 3.